The summed E-state index contributed by atoms with van der Waals surface area (Å²) in [5.41, 5.74) is 5.53. The lowest BCUT2D eigenvalue weighted by Crippen LogP contribution is -2.36. The number of hydrogen-bond donors (Lipinski definition) is 1. The zero-order valence-corrected chi connectivity index (χ0v) is 8.39. The van der Waals surface area contributed by atoms with Crippen LogP contribution in [0.5, 0.6) is 0 Å². The number of ether oxygens (including phenoxy) is 1. The molecular weight excluding hydrogens is 154 g/mol. The van der Waals surface area contributed by atoms with Crippen LogP contribution in [0.25, 0.3) is 0 Å². The van der Waals surface area contributed by atoms with E-state index in [1.165, 1.54) is 0 Å². The second kappa shape index (κ2) is 4.45. The van der Waals surface area contributed by atoms with Gasteiger partial charge in [-0.1, -0.05) is 13.8 Å². The molecule has 2 N–H and O–H groups in total. The summed E-state index contributed by atoms with van der Waals surface area (Å²) in [4.78, 5) is 11.1. The van der Waals surface area contributed by atoms with Gasteiger partial charge in [-0.15, -0.1) is 0 Å². The molecule has 0 saturated carbocycles. The number of esters is 1. The van der Waals surface area contributed by atoms with Crippen LogP contribution in [0, 0.1) is 5.41 Å². The highest BCUT2D eigenvalue weighted by atomic mass is 16.5. The smallest absolute Gasteiger partial charge is 0.466 e. The van der Waals surface area contributed by atoms with E-state index in [2.05, 4.69) is 0 Å². The molecule has 3 heteroatoms. The fraction of sp³-hybridized carbons (Fsp3) is 0.889. The Hall–Kier alpha value is -0.570. The summed E-state index contributed by atoms with van der Waals surface area (Å²) in [6.45, 7) is 8.08. The number of rotatable bonds is 4. The Balaban J connectivity index is 0. The molecule has 0 spiro atoms. The molecule has 72 valence electrons. The third kappa shape index (κ3) is 3.72. The van der Waals surface area contributed by atoms with E-state index in [1.54, 1.807) is 6.92 Å². The molecule has 0 aliphatic carbocycles. The van der Waals surface area contributed by atoms with E-state index in [-0.39, 0.29) is 18.9 Å². The van der Waals surface area contributed by atoms with Crippen molar-refractivity contribution in [2.45, 2.75) is 40.2 Å². The van der Waals surface area contributed by atoms with Crippen LogP contribution in [-0.2, 0) is 9.53 Å². The molecule has 0 amide bonds. The first kappa shape index (κ1) is 11.4. The van der Waals surface area contributed by atoms with Gasteiger partial charge in [0.15, 0.2) is 0 Å². The van der Waals surface area contributed by atoms with Crippen molar-refractivity contribution >= 4 is 5.97 Å². The van der Waals surface area contributed by atoms with E-state index in [0.717, 1.165) is 0 Å². The van der Waals surface area contributed by atoms with E-state index in [9.17, 15) is 4.79 Å². The van der Waals surface area contributed by atoms with Gasteiger partial charge in [0.25, 0.3) is 0 Å². The molecule has 1 unspecified atom stereocenters. The highest BCUT2D eigenvalue weighted by molar-refractivity contribution is 5.70. The first-order valence-electron chi connectivity index (χ1n) is 4.31. The molecule has 1 atom stereocenters. The molecule has 12 heavy (non-hydrogen) atoms. The Morgan fingerprint density at radius 2 is 2.17 bits per heavy atom. The lowest BCUT2D eigenvalue weighted by Gasteiger charge is -2.27. The van der Waals surface area contributed by atoms with Crippen LogP contribution in [-0.4, -0.2) is 18.6 Å². The Morgan fingerprint density at radius 1 is 1.67 bits per heavy atom. The van der Waals surface area contributed by atoms with Crippen molar-refractivity contribution in [3.63, 3.8) is 0 Å². The standard InChI is InChI=1S/C9H19NO2/c1-5-12-8(11)6-9(3,4)7(2)10/h7H,5-6,10H2,1-4H3/p+1. The summed E-state index contributed by atoms with van der Waals surface area (Å²) < 4.78 is 4.83. The summed E-state index contributed by atoms with van der Waals surface area (Å²) in [7, 11) is 0. The van der Waals surface area contributed by atoms with Crippen LogP contribution in [0.15, 0.2) is 0 Å². The maximum atomic E-state index is 11.1. The number of hydrogen-bond acceptors (Lipinski definition) is 3. The minimum Gasteiger partial charge on any atom is -0.466 e. The Bertz CT molecular complexity index is 158. The number of carbonyl (C=O) groups excluding carboxylic acids is 1. The maximum absolute atomic E-state index is 11.1. The summed E-state index contributed by atoms with van der Waals surface area (Å²) in [6.07, 6.45) is 0.387. The molecule has 0 aromatic carbocycles. The minimum absolute atomic E-state index is 0. The first-order chi connectivity index (χ1) is 5.40. The van der Waals surface area contributed by atoms with E-state index < -0.39 is 0 Å². The van der Waals surface area contributed by atoms with Crippen LogP contribution in [0.2, 0.25) is 0 Å². The number of carbonyl (C=O) groups is 1. The van der Waals surface area contributed by atoms with Gasteiger partial charge >= 0.3 is 7.40 Å². The van der Waals surface area contributed by atoms with Gasteiger partial charge in [-0.2, -0.15) is 0 Å². The van der Waals surface area contributed by atoms with Crippen LogP contribution in [0.1, 0.15) is 35.5 Å². The Kier molecular flexibility index (Phi) is 4.24. The molecule has 0 saturated heterocycles. The van der Waals surface area contributed by atoms with Crippen LogP contribution >= 0.6 is 0 Å². The highest BCUT2D eigenvalue weighted by Gasteiger charge is 2.26. The van der Waals surface area contributed by atoms with Crippen LogP contribution in [0.4, 0.5) is 0 Å². The lowest BCUT2D eigenvalue weighted by molar-refractivity contribution is -0.145. The maximum Gasteiger partial charge on any atom is 1.00 e. The quantitative estimate of drug-likeness (QED) is 0.656. The Morgan fingerprint density at radius 3 is 2.50 bits per heavy atom. The van der Waals surface area contributed by atoms with Crippen molar-refractivity contribution in [1.29, 1.82) is 0 Å². The molecule has 0 fully saturated rings. The molecule has 0 bridgehead atoms. The van der Waals surface area contributed by atoms with Gasteiger partial charge < -0.3 is 10.5 Å². The molecular formula is C9H20NO2+. The second-order valence-corrected chi connectivity index (χ2v) is 3.76. The van der Waals surface area contributed by atoms with Crippen molar-refractivity contribution in [2.24, 2.45) is 11.1 Å². The number of nitrogens with two attached hydrogens (primary N) is 1. The van der Waals surface area contributed by atoms with E-state index >= 15 is 0 Å². The molecule has 0 rings (SSSR count). The van der Waals surface area contributed by atoms with Gasteiger partial charge in [0.05, 0.1) is 13.0 Å². The topological polar surface area (TPSA) is 52.3 Å². The van der Waals surface area contributed by atoms with Gasteiger partial charge in [0.2, 0.25) is 0 Å². The summed E-state index contributed by atoms with van der Waals surface area (Å²) in [5, 5.41) is 0. The van der Waals surface area contributed by atoms with Crippen molar-refractivity contribution in [2.75, 3.05) is 6.61 Å². The molecule has 0 radical (unpaired) electrons. The predicted molar refractivity (Wildman–Crippen MR) is 49.8 cm³/mol. The Labute approximate surface area is 75.8 Å². The van der Waals surface area contributed by atoms with Gasteiger partial charge in [-0.25, -0.2) is 0 Å². The minimum atomic E-state index is -0.174. The average molecular weight is 174 g/mol. The normalized spacial score (nSPS) is 14.1. The zero-order valence-electron chi connectivity index (χ0n) is 9.39. The van der Waals surface area contributed by atoms with Crippen molar-refractivity contribution in [3.05, 3.63) is 0 Å². The van der Waals surface area contributed by atoms with Crippen LogP contribution < -0.4 is 5.73 Å². The second-order valence-electron chi connectivity index (χ2n) is 3.76. The van der Waals surface area contributed by atoms with Gasteiger partial charge in [-0.05, 0) is 19.3 Å². The predicted octanol–water partition coefficient (Wildman–Crippen LogP) is 1.43. The SMILES string of the molecule is CCOC(=O)CC(C)(C)C(C)N.[H+]. The van der Waals surface area contributed by atoms with E-state index in [0.29, 0.717) is 13.0 Å². The largest absolute Gasteiger partial charge is 1.00 e. The van der Waals surface area contributed by atoms with Gasteiger partial charge in [0.1, 0.15) is 0 Å². The van der Waals surface area contributed by atoms with Gasteiger partial charge in [0, 0.05) is 6.04 Å². The van der Waals surface area contributed by atoms with E-state index in [4.69, 9.17) is 10.5 Å². The molecule has 0 heterocycles. The zero-order chi connectivity index (χ0) is 9.78. The fourth-order valence-electron chi connectivity index (χ4n) is 0.745. The van der Waals surface area contributed by atoms with E-state index in [1.807, 2.05) is 20.8 Å². The summed E-state index contributed by atoms with van der Waals surface area (Å²) >= 11 is 0. The van der Waals surface area contributed by atoms with Crippen molar-refractivity contribution < 1.29 is 11.0 Å². The van der Waals surface area contributed by atoms with Crippen molar-refractivity contribution in [1.82, 2.24) is 0 Å². The lowest BCUT2D eigenvalue weighted by atomic mass is 9.83. The molecule has 0 aliphatic heterocycles. The fourth-order valence-corrected chi connectivity index (χ4v) is 0.745. The average Bonchev–Trinajstić information content (AvgIpc) is 1.85. The molecule has 0 aromatic heterocycles. The summed E-state index contributed by atoms with van der Waals surface area (Å²) in [6, 6.07) is 0.00176. The third-order valence-corrected chi connectivity index (χ3v) is 2.14. The van der Waals surface area contributed by atoms with Crippen LogP contribution in [0.3, 0.4) is 0 Å². The first-order valence-corrected chi connectivity index (χ1v) is 4.31. The monoisotopic (exact) mass is 174 g/mol. The van der Waals surface area contributed by atoms with Crippen molar-refractivity contribution in [3.8, 4) is 0 Å². The summed E-state index contributed by atoms with van der Waals surface area (Å²) in [5.74, 6) is -0.167. The highest BCUT2D eigenvalue weighted by Crippen LogP contribution is 2.23. The molecule has 3 nitrogen and oxygen atoms in total. The molecule has 0 aromatic rings. The van der Waals surface area contributed by atoms with Gasteiger partial charge in [-0.3, -0.25) is 4.79 Å². The third-order valence-electron chi connectivity index (χ3n) is 2.14. The molecule has 0 aliphatic rings.